The molecule has 1 N–H and O–H groups in total. The molecule has 1 aromatic carbocycles. The van der Waals surface area contributed by atoms with Gasteiger partial charge in [0.15, 0.2) is 0 Å². The number of amides is 2. The fraction of sp³-hybridized carbons (Fsp3) is 0.435. The molecule has 8 nitrogen and oxygen atoms in total. The minimum atomic E-state index is -3.81. The second-order valence-electron chi connectivity index (χ2n) is 9.02. The van der Waals surface area contributed by atoms with Gasteiger partial charge in [-0.1, -0.05) is 6.07 Å². The molecule has 1 saturated heterocycles. The van der Waals surface area contributed by atoms with E-state index >= 15 is 0 Å². The van der Waals surface area contributed by atoms with Crippen LogP contribution in [0.1, 0.15) is 37.9 Å². The highest BCUT2D eigenvalue weighted by Gasteiger charge is 2.43. The normalized spacial score (nSPS) is 20.8. The summed E-state index contributed by atoms with van der Waals surface area (Å²) >= 11 is 0. The monoisotopic (exact) mass is 456 g/mol. The summed E-state index contributed by atoms with van der Waals surface area (Å²) in [6, 6.07) is 10.2. The molecule has 1 atom stereocenters. The highest BCUT2D eigenvalue weighted by molar-refractivity contribution is 7.89. The maximum Gasteiger partial charge on any atom is 0.243 e. The molecule has 9 heteroatoms. The van der Waals surface area contributed by atoms with Crippen LogP contribution in [0.2, 0.25) is 0 Å². The highest BCUT2D eigenvalue weighted by Crippen LogP contribution is 2.42. The zero-order valence-corrected chi connectivity index (χ0v) is 19.6. The molecule has 1 unspecified atom stereocenters. The summed E-state index contributed by atoms with van der Waals surface area (Å²) < 4.78 is 28.2. The van der Waals surface area contributed by atoms with Crippen LogP contribution in [0, 0.1) is 12.8 Å². The van der Waals surface area contributed by atoms with Crippen molar-refractivity contribution in [2.45, 2.75) is 43.9 Å². The van der Waals surface area contributed by atoms with Crippen molar-refractivity contribution in [1.82, 2.24) is 9.29 Å². The lowest BCUT2D eigenvalue weighted by atomic mass is 9.86. The summed E-state index contributed by atoms with van der Waals surface area (Å²) in [6.45, 7) is 5.91. The molecular formula is C23H28N4O4S. The Morgan fingerprint density at radius 2 is 1.97 bits per heavy atom. The number of carbonyl (C=O) groups is 2. The highest BCUT2D eigenvalue weighted by atomic mass is 32.2. The van der Waals surface area contributed by atoms with Crippen LogP contribution in [0.25, 0.3) is 0 Å². The first kappa shape index (κ1) is 22.4. The first-order chi connectivity index (χ1) is 15.0. The maximum atomic E-state index is 13.4. The molecule has 2 aliphatic rings. The molecule has 1 aromatic heterocycles. The number of piperidine rings is 1. The van der Waals surface area contributed by atoms with Crippen LogP contribution >= 0.6 is 0 Å². The lowest BCUT2D eigenvalue weighted by molar-refractivity contribution is -0.122. The van der Waals surface area contributed by atoms with Gasteiger partial charge in [-0.25, -0.2) is 13.4 Å². The van der Waals surface area contributed by atoms with Gasteiger partial charge in [-0.05, 0) is 69.5 Å². The van der Waals surface area contributed by atoms with Gasteiger partial charge in [-0.3, -0.25) is 9.59 Å². The van der Waals surface area contributed by atoms with E-state index in [-0.39, 0.29) is 23.3 Å². The van der Waals surface area contributed by atoms with Gasteiger partial charge in [0.1, 0.15) is 5.82 Å². The summed E-state index contributed by atoms with van der Waals surface area (Å²) in [5.41, 5.74) is 1.42. The van der Waals surface area contributed by atoms with E-state index in [1.165, 1.54) is 4.31 Å². The molecule has 2 aliphatic heterocycles. The minimum Gasteiger partial charge on any atom is -0.314 e. The number of hydrogen-bond acceptors (Lipinski definition) is 5. The number of benzene rings is 1. The SMILES string of the molecule is Cc1cccc(NC(=O)C2CCCN(S(=O)(=O)c3ccc4c(c3)C(C)(C)C(=O)N4C)C2)n1. The quantitative estimate of drug-likeness (QED) is 0.763. The van der Waals surface area contributed by atoms with Crippen molar-refractivity contribution in [2.75, 3.05) is 30.4 Å². The van der Waals surface area contributed by atoms with Gasteiger partial charge in [0, 0.05) is 31.5 Å². The zero-order chi connectivity index (χ0) is 23.3. The molecule has 170 valence electrons. The van der Waals surface area contributed by atoms with E-state index in [9.17, 15) is 18.0 Å². The lowest BCUT2D eigenvalue weighted by Crippen LogP contribution is -2.43. The Bertz CT molecular complexity index is 1190. The molecule has 2 aromatic rings. The van der Waals surface area contributed by atoms with Crippen LogP contribution in [-0.2, 0) is 25.0 Å². The number of nitrogens with one attached hydrogen (secondary N) is 1. The van der Waals surface area contributed by atoms with Crippen molar-refractivity contribution < 1.29 is 18.0 Å². The lowest BCUT2D eigenvalue weighted by Gasteiger charge is -2.31. The van der Waals surface area contributed by atoms with E-state index in [4.69, 9.17) is 0 Å². The molecule has 4 rings (SSSR count). The van der Waals surface area contributed by atoms with Crippen LogP contribution < -0.4 is 10.2 Å². The summed E-state index contributed by atoms with van der Waals surface area (Å²) in [4.78, 5) is 31.3. The summed E-state index contributed by atoms with van der Waals surface area (Å²) in [6.07, 6.45) is 1.20. The number of aromatic nitrogens is 1. The van der Waals surface area contributed by atoms with Crippen molar-refractivity contribution in [3.63, 3.8) is 0 Å². The average molecular weight is 457 g/mol. The molecule has 3 heterocycles. The smallest absolute Gasteiger partial charge is 0.243 e. The number of sulfonamides is 1. The first-order valence-electron chi connectivity index (χ1n) is 10.7. The van der Waals surface area contributed by atoms with E-state index < -0.39 is 21.4 Å². The Morgan fingerprint density at radius 3 is 2.69 bits per heavy atom. The Labute approximate surface area is 188 Å². The van der Waals surface area contributed by atoms with Gasteiger partial charge in [0.2, 0.25) is 21.8 Å². The number of anilines is 2. The molecule has 0 spiro atoms. The summed E-state index contributed by atoms with van der Waals surface area (Å²) in [5, 5.41) is 2.80. The Kier molecular flexibility index (Phi) is 5.58. The molecule has 1 fully saturated rings. The number of likely N-dealkylation sites (N-methyl/N-ethyl adjacent to an activating group) is 1. The number of aryl methyl sites for hydroxylation is 1. The number of nitrogens with zero attached hydrogens (tertiary/aromatic N) is 3. The maximum absolute atomic E-state index is 13.4. The topological polar surface area (TPSA) is 99.7 Å². The third-order valence-corrected chi connectivity index (χ3v) is 8.24. The first-order valence-corrected chi connectivity index (χ1v) is 12.1. The second-order valence-corrected chi connectivity index (χ2v) is 11.0. The van der Waals surface area contributed by atoms with Crippen LogP contribution in [-0.4, -0.2) is 49.7 Å². The van der Waals surface area contributed by atoms with Crippen LogP contribution in [0.15, 0.2) is 41.3 Å². The van der Waals surface area contributed by atoms with Gasteiger partial charge in [-0.15, -0.1) is 0 Å². The molecule has 0 saturated carbocycles. The molecule has 32 heavy (non-hydrogen) atoms. The summed E-state index contributed by atoms with van der Waals surface area (Å²) in [7, 11) is -2.11. The fourth-order valence-corrected chi connectivity index (χ4v) is 6.03. The molecular weight excluding hydrogens is 428 g/mol. The number of fused-ring (bicyclic) bond motifs is 1. The molecule has 0 radical (unpaired) electrons. The zero-order valence-electron chi connectivity index (χ0n) is 18.8. The predicted molar refractivity (Wildman–Crippen MR) is 122 cm³/mol. The van der Waals surface area contributed by atoms with Crippen molar-refractivity contribution in [3.05, 3.63) is 47.7 Å². The third-order valence-electron chi connectivity index (χ3n) is 6.37. The van der Waals surface area contributed by atoms with Gasteiger partial charge in [0.05, 0.1) is 16.2 Å². The largest absolute Gasteiger partial charge is 0.314 e. The molecule has 0 aliphatic carbocycles. The standard InChI is InChI=1S/C23H28N4O4S/c1-15-7-5-9-20(24-15)25-21(28)16-8-6-12-27(14-16)32(30,31)17-10-11-19-18(13-17)23(2,3)22(29)26(19)4/h5,7,9-11,13,16H,6,8,12,14H2,1-4H3,(H,24,25,28). The second kappa shape index (κ2) is 7.97. The predicted octanol–water partition coefficient (Wildman–Crippen LogP) is 2.68. The fourth-order valence-electron chi connectivity index (χ4n) is 4.48. The van der Waals surface area contributed by atoms with E-state index in [2.05, 4.69) is 10.3 Å². The third kappa shape index (κ3) is 3.80. The van der Waals surface area contributed by atoms with Crippen LogP contribution in [0.3, 0.4) is 0 Å². The average Bonchev–Trinajstić information content (AvgIpc) is 2.94. The van der Waals surface area contributed by atoms with E-state index in [1.54, 1.807) is 50.1 Å². The minimum absolute atomic E-state index is 0.0680. The van der Waals surface area contributed by atoms with Gasteiger partial charge in [0.25, 0.3) is 0 Å². The van der Waals surface area contributed by atoms with Gasteiger partial charge in [-0.2, -0.15) is 4.31 Å². The number of pyridine rings is 1. The Morgan fingerprint density at radius 1 is 1.22 bits per heavy atom. The van der Waals surface area contributed by atoms with Gasteiger partial charge < -0.3 is 10.2 Å². The van der Waals surface area contributed by atoms with Crippen molar-refractivity contribution in [2.24, 2.45) is 5.92 Å². The van der Waals surface area contributed by atoms with Crippen molar-refractivity contribution in [3.8, 4) is 0 Å². The van der Waals surface area contributed by atoms with E-state index in [1.807, 2.05) is 19.1 Å². The van der Waals surface area contributed by atoms with Crippen molar-refractivity contribution >= 4 is 33.3 Å². The van der Waals surface area contributed by atoms with Crippen molar-refractivity contribution in [1.29, 1.82) is 0 Å². The molecule has 2 amide bonds. The number of carbonyl (C=O) groups excluding carboxylic acids is 2. The molecule has 0 bridgehead atoms. The Balaban J connectivity index is 1.55. The van der Waals surface area contributed by atoms with Crippen LogP contribution in [0.4, 0.5) is 11.5 Å². The number of rotatable bonds is 4. The number of hydrogen-bond donors (Lipinski definition) is 1. The Hall–Kier alpha value is -2.78. The van der Waals surface area contributed by atoms with E-state index in [0.717, 1.165) is 11.4 Å². The summed E-state index contributed by atoms with van der Waals surface area (Å²) in [5.74, 6) is -0.296. The van der Waals surface area contributed by atoms with E-state index in [0.29, 0.717) is 30.8 Å². The van der Waals surface area contributed by atoms with Crippen LogP contribution in [0.5, 0.6) is 0 Å². The van der Waals surface area contributed by atoms with Gasteiger partial charge >= 0.3 is 0 Å².